The number of halogens is 2. The molecule has 1 amide bonds. The zero-order valence-corrected chi connectivity index (χ0v) is 20.8. The first-order chi connectivity index (χ1) is 16.9. The van der Waals surface area contributed by atoms with Crippen LogP contribution >= 0.6 is 22.6 Å². The van der Waals surface area contributed by atoms with E-state index in [0.717, 1.165) is 9.13 Å². The summed E-state index contributed by atoms with van der Waals surface area (Å²) in [4.78, 5) is 22.4. The Labute approximate surface area is 214 Å². The molecule has 0 aliphatic rings. The van der Waals surface area contributed by atoms with Crippen LogP contribution in [-0.2, 0) is 11.4 Å². The average Bonchev–Trinajstić information content (AvgIpc) is 2.83. The molecule has 3 aromatic carbocycles. The minimum absolute atomic E-state index is 0.0142. The normalized spacial score (nSPS) is 10.7. The Morgan fingerprint density at radius 1 is 1.14 bits per heavy atom. The lowest BCUT2D eigenvalue weighted by Gasteiger charge is -2.14. The highest BCUT2D eigenvalue weighted by Gasteiger charge is 2.13. The first-order valence-electron chi connectivity index (χ1n) is 10.5. The largest absolute Gasteiger partial charge is 0.490 e. The van der Waals surface area contributed by atoms with Gasteiger partial charge in [0.25, 0.3) is 11.6 Å². The van der Waals surface area contributed by atoms with E-state index in [-0.39, 0.29) is 30.6 Å². The molecule has 0 aliphatic heterocycles. The molecule has 0 unspecified atom stereocenters. The van der Waals surface area contributed by atoms with Crippen LogP contribution in [0.3, 0.4) is 0 Å². The van der Waals surface area contributed by atoms with Crippen molar-refractivity contribution < 1.29 is 23.6 Å². The lowest BCUT2D eigenvalue weighted by Crippen LogP contribution is -2.25. The number of hydrogen-bond acceptors (Lipinski definition) is 7. The Kier molecular flexibility index (Phi) is 9.35. The fraction of sp³-hybridized carbons (Fsp3) is 0.167. The number of carbonyl (C=O) groups excluding carboxylic acids is 1. The van der Waals surface area contributed by atoms with Crippen molar-refractivity contribution >= 4 is 46.1 Å². The SMILES string of the molecule is CCOc1cc(/C=N\NC(=O)CNc2ccc(F)cc2)cc(I)c1OCc1ccc([N+](=O)[O-])cc1. The number of nitro groups is 1. The molecule has 0 aliphatic carbocycles. The standard InChI is InChI=1S/C24H22FIN4O5/c1-2-34-22-12-17(13-28-29-23(31)14-27-19-7-5-18(25)6-8-19)11-21(26)24(22)35-15-16-3-9-20(10-4-16)30(32)33/h3-13,27H,2,14-15H2,1H3,(H,29,31)/b28-13-. The Bertz CT molecular complexity index is 1200. The monoisotopic (exact) mass is 592 g/mol. The van der Waals surface area contributed by atoms with Crippen LogP contribution in [0.1, 0.15) is 18.1 Å². The van der Waals surface area contributed by atoms with Gasteiger partial charge >= 0.3 is 0 Å². The van der Waals surface area contributed by atoms with Crippen molar-refractivity contribution in [2.75, 3.05) is 18.5 Å². The molecule has 0 fully saturated rings. The van der Waals surface area contributed by atoms with E-state index < -0.39 is 4.92 Å². The van der Waals surface area contributed by atoms with Gasteiger partial charge in [-0.25, -0.2) is 9.82 Å². The molecule has 0 saturated heterocycles. The van der Waals surface area contributed by atoms with E-state index in [4.69, 9.17) is 9.47 Å². The van der Waals surface area contributed by atoms with Crippen LogP contribution in [0.4, 0.5) is 15.8 Å². The van der Waals surface area contributed by atoms with Crippen LogP contribution in [0.15, 0.2) is 65.8 Å². The predicted octanol–water partition coefficient (Wildman–Crippen LogP) is 4.88. The zero-order valence-electron chi connectivity index (χ0n) is 18.7. The highest BCUT2D eigenvalue weighted by atomic mass is 127. The zero-order chi connectivity index (χ0) is 25.2. The Balaban J connectivity index is 1.60. The van der Waals surface area contributed by atoms with Gasteiger partial charge in [0.1, 0.15) is 12.4 Å². The van der Waals surface area contributed by atoms with Crippen molar-refractivity contribution in [1.29, 1.82) is 0 Å². The summed E-state index contributed by atoms with van der Waals surface area (Å²) in [5.74, 6) is 0.323. The quantitative estimate of drug-likeness (QED) is 0.142. The van der Waals surface area contributed by atoms with Crippen LogP contribution in [0.25, 0.3) is 0 Å². The van der Waals surface area contributed by atoms with Gasteiger partial charge in [-0.2, -0.15) is 5.10 Å². The molecule has 0 bridgehead atoms. The van der Waals surface area contributed by atoms with Gasteiger partial charge in [0, 0.05) is 17.8 Å². The van der Waals surface area contributed by atoms with Gasteiger partial charge in [-0.3, -0.25) is 14.9 Å². The van der Waals surface area contributed by atoms with Crippen molar-refractivity contribution in [2.45, 2.75) is 13.5 Å². The number of non-ortho nitro benzene ring substituents is 1. The maximum atomic E-state index is 12.9. The molecule has 0 aromatic heterocycles. The van der Waals surface area contributed by atoms with Gasteiger partial charge < -0.3 is 14.8 Å². The Morgan fingerprint density at radius 3 is 2.51 bits per heavy atom. The molecule has 0 atom stereocenters. The molecule has 3 rings (SSSR count). The molecule has 11 heteroatoms. The summed E-state index contributed by atoms with van der Waals surface area (Å²) in [6.45, 7) is 2.44. The van der Waals surface area contributed by atoms with Crippen molar-refractivity contribution in [3.8, 4) is 11.5 Å². The van der Waals surface area contributed by atoms with E-state index in [1.165, 1.54) is 42.6 Å². The number of carbonyl (C=O) groups is 1. The number of anilines is 1. The molecular weight excluding hydrogens is 570 g/mol. The summed E-state index contributed by atoms with van der Waals surface area (Å²) in [6.07, 6.45) is 1.49. The second kappa shape index (κ2) is 12.6. The minimum atomic E-state index is -0.453. The van der Waals surface area contributed by atoms with Gasteiger partial charge in [0.2, 0.25) is 0 Å². The maximum Gasteiger partial charge on any atom is 0.269 e. The molecule has 35 heavy (non-hydrogen) atoms. The number of nitro benzene ring substituents is 1. The van der Waals surface area contributed by atoms with Gasteiger partial charge in [-0.15, -0.1) is 0 Å². The van der Waals surface area contributed by atoms with E-state index in [1.54, 1.807) is 18.2 Å². The van der Waals surface area contributed by atoms with Crippen molar-refractivity contribution in [2.24, 2.45) is 5.10 Å². The highest BCUT2D eigenvalue weighted by molar-refractivity contribution is 14.1. The first-order valence-corrected chi connectivity index (χ1v) is 11.6. The third kappa shape index (κ3) is 7.91. The molecule has 0 spiro atoms. The van der Waals surface area contributed by atoms with Crippen molar-refractivity contribution in [1.82, 2.24) is 5.43 Å². The van der Waals surface area contributed by atoms with Gasteiger partial charge in [0.05, 0.1) is 27.9 Å². The summed E-state index contributed by atoms with van der Waals surface area (Å²) in [7, 11) is 0. The molecule has 9 nitrogen and oxygen atoms in total. The molecule has 0 radical (unpaired) electrons. The van der Waals surface area contributed by atoms with Gasteiger partial charge in [0.15, 0.2) is 11.5 Å². The van der Waals surface area contributed by atoms with Crippen LogP contribution < -0.4 is 20.2 Å². The molecule has 2 N–H and O–H groups in total. The van der Waals surface area contributed by atoms with E-state index in [2.05, 4.69) is 38.4 Å². The van der Waals surface area contributed by atoms with E-state index in [9.17, 15) is 19.3 Å². The number of nitrogens with zero attached hydrogens (tertiary/aromatic N) is 2. The first kappa shape index (κ1) is 25.9. The minimum Gasteiger partial charge on any atom is -0.490 e. The maximum absolute atomic E-state index is 12.9. The third-order valence-electron chi connectivity index (χ3n) is 4.56. The van der Waals surface area contributed by atoms with E-state index >= 15 is 0 Å². The third-order valence-corrected chi connectivity index (χ3v) is 5.36. The van der Waals surface area contributed by atoms with E-state index in [0.29, 0.717) is 29.4 Å². The summed E-state index contributed by atoms with van der Waals surface area (Å²) in [5, 5.41) is 17.7. The molecule has 0 heterocycles. The average molecular weight is 592 g/mol. The summed E-state index contributed by atoms with van der Waals surface area (Å²) in [6, 6.07) is 15.4. The molecule has 182 valence electrons. The molecular formula is C24H22FIN4O5. The number of hydrazone groups is 1. The molecule has 3 aromatic rings. The Hall–Kier alpha value is -3.74. The number of benzene rings is 3. The second-order valence-corrected chi connectivity index (χ2v) is 8.29. The number of nitrogens with one attached hydrogen (secondary N) is 2. The van der Waals surface area contributed by atoms with Gasteiger partial charge in [-0.05, 0) is 89.2 Å². The van der Waals surface area contributed by atoms with Crippen LogP contribution in [-0.4, -0.2) is 30.2 Å². The lowest BCUT2D eigenvalue weighted by atomic mass is 10.2. The highest BCUT2D eigenvalue weighted by Crippen LogP contribution is 2.34. The fourth-order valence-electron chi connectivity index (χ4n) is 2.90. The number of amides is 1. The number of hydrogen-bond donors (Lipinski definition) is 2. The van der Waals surface area contributed by atoms with Crippen LogP contribution in [0.2, 0.25) is 0 Å². The molecule has 0 saturated carbocycles. The fourth-order valence-corrected chi connectivity index (χ4v) is 3.68. The Morgan fingerprint density at radius 2 is 1.86 bits per heavy atom. The number of ether oxygens (including phenoxy) is 2. The van der Waals surface area contributed by atoms with Crippen molar-refractivity contribution in [3.05, 3.63) is 91.3 Å². The predicted molar refractivity (Wildman–Crippen MR) is 138 cm³/mol. The smallest absolute Gasteiger partial charge is 0.269 e. The van der Waals surface area contributed by atoms with Crippen LogP contribution in [0.5, 0.6) is 11.5 Å². The van der Waals surface area contributed by atoms with Crippen molar-refractivity contribution in [3.63, 3.8) is 0 Å². The second-order valence-electron chi connectivity index (χ2n) is 7.13. The van der Waals surface area contributed by atoms with E-state index in [1.807, 2.05) is 13.0 Å². The topological polar surface area (TPSA) is 115 Å². The number of rotatable bonds is 11. The summed E-state index contributed by atoms with van der Waals surface area (Å²) in [5.41, 5.74) is 4.52. The lowest BCUT2D eigenvalue weighted by molar-refractivity contribution is -0.384. The van der Waals surface area contributed by atoms with Gasteiger partial charge in [-0.1, -0.05) is 0 Å². The van der Waals surface area contributed by atoms with Crippen LogP contribution in [0, 0.1) is 19.5 Å². The summed E-state index contributed by atoms with van der Waals surface area (Å²) < 4.78 is 25.4. The summed E-state index contributed by atoms with van der Waals surface area (Å²) >= 11 is 2.12.